The van der Waals surface area contributed by atoms with Crippen molar-refractivity contribution in [1.29, 1.82) is 0 Å². The minimum absolute atomic E-state index is 0.253. The number of benzene rings is 2. The lowest BCUT2D eigenvalue weighted by molar-refractivity contribution is -0.131. The standard InChI is InChI=1S/C21H16N2O4/c1-21(15-11-12-22-16-10-6-5-9-14(15)16)18(25)17(24)20(27-21)23-19(26)13-7-3-2-4-8-13/h2-12,24H,1H3,(H,23,26). The number of para-hydroxylation sites is 1. The first kappa shape index (κ1) is 16.8. The van der Waals surface area contributed by atoms with Gasteiger partial charge in [-0.25, -0.2) is 0 Å². The highest BCUT2D eigenvalue weighted by Gasteiger charge is 2.49. The lowest BCUT2D eigenvalue weighted by Gasteiger charge is -2.24. The maximum absolute atomic E-state index is 12.8. The number of hydrogen-bond donors (Lipinski definition) is 2. The molecule has 1 amide bonds. The molecule has 0 saturated carbocycles. The van der Waals surface area contributed by atoms with E-state index in [0.717, 1.165) is 5.39 Å². The predicted molar refractivity (Wildman–Crippen MR) is 98.8 cm³/mol. The Balaban J connectivity index is 1.69. The second-order valence-electron chi connectivity index (χ2n) is 6.34. The molecule has 1 aromatic heterocycles. The van der Waals surface area contributed by atoms with E-state index in [2.05, 4.69) is 10.3 Å². The Hall–Kier alpha value is -3.67. The molecule has 1 aliphatic heterocycles. The number of aliphatic hydroxyl groups is 1. The third-order valence-electron chi connectivity index (χ3n) is 4.60. The molecule has 6 nitrogen and oxygen atoms in total. The third kappa shape index (κ3) is 2.71. The number of hydrogen-bond acceptors (Lipinski definition) is 5. The van der Waals surface area contributed by atoms with Crippen molar-refractivity contribution >= 4 is 22.6 Å². The number of ether oxygens (including phenoxy) is 1. The van der Waals surface area contributed by atoms with E-state index in [1.165, 1.54) is 0 Å². The van der Waals surface area contributed by atoms with Crippen LogP contribution in [0.5, 0.6) is 0 Å². The molecule has 0 aliphatic carbocycles. The average molecular weight is 360 g/mol. The SMILES string of the molecule is CC1(c2ccnc3ccccc23)OC(NC(=O)c2ccccc2)=C(O)C1=O. The zero-order valence-electron chi connectivity index (χ0n) is 14.5. The zero-order chi connectivity index (χ0) is 19.0. The lowest BCUT2D eigenvalue weighted by atomic mass is 9.89. The van der Waals surface area contributed by atoms with Crippen LogP contribution in [-0.2, 0) is 15.1 Å². The van der Waals surface area contributed by atoms with Crippen LogP contribution in [0.2, 0.25) is 0 Å². The summed E-state index contributed by atoms with van der Waals surface area (Å²) in [6, 6.07) is 17.5. The summed E-state index contributed by atoms with van der Waals surface area (Å²) < 4.78 is 5.78. The molecule has 6 heteroatoms. The number of amides is 1. The van der Waals surface area contributed by atoms with Crippen molar-refractivity contribution in [2.75, 3.05) is 0 Å². The molecule has 0 saturated heterocycles. The van der Waals surface area contributed by atoms with E-state index in [1.807, 2.05) is 24.3 Å². The summed E-state index contributed by atoms with van der Waals surface area (Å²) in [5.74, 6) is -1.96. The second kappa shape index (κ2) is 6.25. The van der Waals surface area contributed by atoms with Crippen molar-refractivity contribution in [2.45, 2.75) is 12.5 Å². The summed E-state index contributed by atoms with van der Waals surface area (Å²) in [5.41, 5.74) is 0.186. The molecule has 0 bridgehead atoms. The minimum Gasteiger partial charge on any atom is -0.501 e. The van der Waals surface area contributed by atoms with E-state index < -0.39 is 23.1 Å². The summed E-state index contributed by atoms with van der Waals surface area (Å²) >= 11 is 0. The Labute approximate surface area is 155 Å². The van der Waals surface area contributed by atoms with Gasteiger partial charge in [-0.1, -0.05) is 36.4 Å². The number of aromatic nitrogens is 1. The maximum Gasteiger partial charge on any atom is 0.258 e. The van der Waals surface area contributed by atoms with Gasteiger partial charge in [0, 0.05) is 22.7 Å². The van der Waals surface area contributed by atoms with Gasteiger partial charge in [-0.3, -0.25) is 19.9 Å². The van der Waals surface area contributed by atoms with Gasteiger partial charge >= 0.3 is 0 Å². The molecule has 0 spiro atoms. The van der Waals surface area contributed by atoms with Crippen molar-refractivity contribution in [2.24, 2.45) is 0 Å². The Kier molecular flexibility index (Phi) is 3.88. The number of nitrogens with one attached hydrogen (secondary N) is 1. The van der Waals surface area contributed by atoms with Crippen molar-refractivity contribution in [3.05, 3.63) is 89.6 Å². The van der Waals surface area contributed by atoms with Crippen LogP contribution >= 0.6 is 0 Å². The van der Waals surface area contributed by atoms with Gasteiger partial charge in [0.25, 0.3) is 11.7 Å². The number of ketones is 1. The zero-order valence-corrected chi connectivity index (χ0v) is 14.5. The fourth-order valence-electron chi connectivity index (χ4n) is 3.17. The quantitative estimate of drug-likeness (QED) is 0.749. The van der Waals surface area contributed by atoms with Crippen molar-refractivity contribution in [3.63, 3.8) is 0 Å². The minimum atomic E-state index is -1.47. The number of Topliss-reactive ketones (excluding diaryl/α,β-unsaturated/α-hetero) is 1. The Morgan fingerprint density at radius 3 is 2.56 bits per heavy atom. The van der Waals surface area contributed by atoms with E-state index >= 15 is 0 Å². The molecule has 27 heavy (non-hydrogen) atoms. The van der Waals surface area contributed by atoms with E-state index in [4.69, 9.17) is 4.74 Å². The van der Waals surface area contributed by atoms with Gasteiger partial charge in [-0.15, -0.1) is 0 Å². The summed E-state index contributed by atoms with van der Waals surface area (Å²) in [5, 5.41) is 13.5. The van der Waals surface area contributed by atoms with Crippen LogP contribution in [0.25, 0.3) is 10.9 Å². The number of pyridine rings is 1. The molecule has 2 aromatic carbocycles. The summed E-state index contributed by atoms with van der Waals surface area (Å²) in [4.78, 5) is 29.4. The molecule has 2 heterocycles. The van der Waals surface area contributed by atoms with Gasteiger partial charge in [0.1, 0.15) is 0 Å². The molecule has 4 rings (SSSR count). The topological polar surface area (TPSA) is 88.5 Å². The molecule has 1 unspecified atom stereocenters. The normalized spacial score (nSPS) is 19.2. The van der Waals surface area contributed by atoms with Gasteiger partial charge in [0.2, 0.25) is 11.6 Å². The van der Waals surface area contributed by atoms with Gasteiger partial charge in [-0.2, -0.15) is 0 Å². The number of rotatable bonds is 3. The highest BCUT2D eigenvalue weighted by atomic mass is 16.5. The number of carbonyl (C=O) groups excluding carboxylic acids is 2. The molecule has 2 N–H and O–H groups in total. The van der Waals surface area contributed by atoms with Gasteiger partial charge < -0.3 is 9.84 Å². The second-order valence-corrected chi connectivity index (χ2v) is 6.34. The molecule has 3 aromatic rings. The van der Waals surface area contributed by atoms with Crippen LogP contribution in [0.3, 0.4) is 0 Å². The molecule has 0 radical (unpaired) electrons. The summed E-state index contributed by atoms with van der Waals surface area (Å²) in [7, 11) is 0. The van der Waals surface area contributed by atoms with E-state index in [1.54, 1.807) is 49.5 Å². The molecule has 1 atom stereocenters. The van der Waals surface area contributed by atoms with Gasteiger partial charge in [-0.05, 0) is 31.2 Å². The van der Waals surface area contributed by atoms with Crippen molar-refractivity contribution < 1.29 is 19.4 Å². The first-order valence-electron chi connectivity index (χ1n) is 8.38. The number of fused-ring (bicyclic) bond motifs is 1. The molecule has 1 aliphatic rings. The summed E-state index contributed by atoms with van der Waals surface area (Å²) in [6.45, 7) is 1.56. The molecular weight excluding hydrogens is 344 g/mol. The highest BCUT2D eigenvalue weighted by molar-refractivity contribution is 6.06. The number of nitrogens with zero attached hydrogens (tertiary/aromatic N) is 1. The van der Waals surface area contributed by atoms with E-state index in [0.29, 0.717) is 16.6 Å². The van der Waals surface area contributed by atoms with Crippen LogP contribution in [0.4, 0.5) is 0 Å². The Morgan fingerprint density at radius 2 is 1.78 bits per heavy atom. The Bertz CT molecular complexity index is 1090. The van der Waals surface area contributed by atoms with Crippen LogP contribution in [-0.4, -0.2) is 21.8 Å². The number of carbonyl (C=O) groups is 2. The smallest absolute Gasteiger partial charge is 0.258 e. The summed E-state index contributed by atoms with van der Waals surface area (Å²) in [6.07, 6.45) is 1.58. The van der Waals surface area contributed by atoms with E-state index in [9.17, 15) is 14.7 Å². The highest BCUT2D eigenvalue weighted by Crippen LogP contribution is 2.39. The third-order valence-corrected chi connectivity index (χ3v) is 4.60. The lowest BCUT2D eigenvalue weighted by Crippen LogP contribution is -2.32. The van der Waals surface area contributed by atoms with Gasteiger partial charge in [0.15, 0.2) is 5.60 Å². The average Bonchev–Trinajstić information content (AvgIpc) is 2.92. The monoisotopic (exact) mass is 360 g/mol. The van der Waals surface area contributed by atoms with Crippen LogP contribution in [0.15, 0.2) is 78.5 Å². The van der Waals surface area contributed by atoms with Crippen LogP contribution in [0, 0.1) is 0 Å². The first-order chi connectivity index (χ1) is 13.0. The Morgan fingerprint density at radius 1 is 1.07 bits per heavy atom. The van der Waals surface area contributed by atoms with Gasteiger partial charge in [0.05, 0.1) is 5.52 Å². The number of aliphatic hydroxyl groups excluding tert-OH is 1. The van der Waals surface area contributed by atoms with Crippen LogP contribution in [0.1, 0.15) is 22.8 Å². The molecule has 0 fully saturated rings. The molecule has 134 valence electrons. The molecular formula is C21H16N2O4. The fraction of sp³-hybridized carbons (Fsp3) is 0.0952. The predicted octanol–water partition coefficient (Wildman–Crippen LogP) is 3.21. The van der Waals surface area contributed by atoms with E-state index in [-0.39, 0.29) is 5.88 Å². The van der Waals surface area contributed by atoms with Crippen molar-refractivity contribution in [1.82, 2.24) is 10.3 Å². The van der Waals surface area contributed by atoms with Crippen LogP contribution < -0.4 is 5.32 Å². The maximum atomic E-state index is 12.8. The first-order valence-corrected chi connectivity index (χ1v) is 8.38. The largest absolute Gasteiger partial charge is 0.501 e. The fourth-order valence-corrected chi connectivity index (χ4v) is 3.17. The van der Waals surface area contributed by atoms with Crippen molar-refractivity contribution in [3.8, 4) is 0 Å².